The van der Waals surface area contributed by atoms with Crippen LogP contribution in [0.5, 0.6) is 0 Å². The SMILES string of the molecule is C1CNC2(CC2)CN1.P. The summed E-state index contributed by atoms with van der Waals surface area (Å²) in [5.74, 6) is 0. The van der Waals surface area contributed by atoms with Gasteiger partial charge in [-0.15, -0.1) is 0 Å². The summed E-state index contributed by atoms with van der Waals surface area (Å²) in [6.07, 6.45) is 2.78. The third-order valence-electron chi connectivity index (χ3n) is 2.12. The second-order valence-electron chi connectivity index (χ2n) is 2.88. The Kier molecular flexibility index (Phi) is 2.10. The summed E-state index contributed by atoms with van der Waals surface area (Å²) in [7, 11) is 0. The Morgan fingerprint density at radius 3 is 2.22 bits per heavy atom. The second kappa shape index (κ2) is 2.53. The van der Waals surface area contributed by atoms with Gasteiger partial charge in [-0.1, -0.05) is 0 Å². The van der Waals surface area contributed by atoms with Gasteiger partial charge in [0.2, 0.25) is 0 Å². The highest BCUT2D eigenvalue weighted by molar-refractivity contribution is 6.92. The summed E-state index contributed by atoms with van der Waals surface area (Å²) in [5.41, 5.74) is 0.568. The molecule has 0 aromatic rings. The molecule has 0 aromatic carbocycles. The zero-order valence-corrected chi connectivity index (χ0v) is 7.16. The van der Waals surface area contributed by atoms with E-state index >= 15 is 0 Å². The Morgan fingerprint density at radius 2 is 1.89 bits per heavy atom. The average Bonchev–Trinajstić information content (AvgIpc) is 2.52. The first-order valence-corrected chi connectivity index (χ1v) is 3.37. The van der Waals surface area contributed by atoms with Gasteiger partial charge in [0, 0.05) is 25.2 Å². The van der Waals surface area contributed by atoms with E-state index in [0.29, 0.717) is 5.54 Å². The van der Waals surface area contributed by atoms with Crippen molar-refractivity contribution in [1.29, 1.82) is 0 Å². The van der Waals surface area contributed by atoms with Gasteiger partial charge in [0.05, 0.1) is 0 Å². The second-order valence-corrected chi connectivity index (χ2v) is 2.88. The monoisotopic (exact) mass is 146 g/mol. The molecule has 0 radical (unpaired) electrons. The quantitative estimate of drug-likeness (QED) is 0.461. The van der Waals surface area contributed by atoms with Crippen molar-refractivity contribution in [2.45, 2.75) is 18.4 Å². The van der Waals surface area contributed by atoms with Crippen molar-refractivity contribution in [3.63, 3.8) is 0 Å². The summed E-state index contributed by atoms with van der Waals surface area (Å²) < 4.78 is 0. The van der Waals surface area contributed by atoms with E-state index in [0.717, 1.165) is 6.54 Å². The molecular weight excluding hydrogens is 131 g/mol. The maximum absolute atomic E-state index is 3.51. The lowest BCUT2D eigenvalue weighted by Crippen LogP contribution is -2.50. The van der Waals surface area contributed by atoms with Crippen LogP contribution in [0.25, 0.3) is 0 Å². The molecule has 0 amide bonds. The first-order valence-electron chi connectivity index (χ1n) is 3.37. The highest BCUT2D eigenvalue weighted by Crippen LogP contribution is 2.34. The highest BCUT2D eigenvalue weighted by atomic mass is 31.0. The van der Waals surface area contributed by atoms with Crippen molar-refractivity contribution < 1.29 is 0 Å². The minimum atomic E-state index is 0. The Bertz CT molecular complexity index is 93.2. The predicted molar refractivity (Wildman–Crippen MR) is 43.9 cm³/mol. The highest BCUT2D eigenvalue weighted by Gasteiger charge is 2.42. The lowest BCUT2D eigenvalue weighted by atomic mass is 10.2. The molecule has 1 heterocycles. The maximum Gasteiger partial charge on any atom is 0.0308 e. The minimum absolute atomic E-state index is 0. The molecule has 2 N–H and O–H groups in total. The number of rotatable bonds is 0. The van der Waals surface area contributed by atoms with Crippen molar-refractivity contribution >= 4 is 9.90 Å². The van der Waals surface area contributed by atoms with Gasteiger partial charge in [0.1, 0.15) is 0 Å². The van der Waals surface area contributed by atoms with Crippen LogP contribution in [0, 0.1) is 0 Å². The third kappa shape index (κ3) is 1.43. The number of nitrogens with one attached hydrogen (secondary N) is 2. The van der Waals surface area contributed by atoms with Crippen molar-refractivity contribution in [3.05, 3.63) is 0 Å². The largest absolute Gasteiger partial charge is 0.314 e. The van der Waals surface area contributed by atoms with Crippen LogP contribution in [-0.4, -0.2) is 25.2 Å². The standard InChI is InChI=1S/C6H12N2.H3P/c1-2-6(1)5-7-3-4-8-6;/h7-8H,1-5H2;1H3. The smallest absolute Gasteiger partial charge is 0.0308 e. The number of hydrogen-bond donors (Lipinski definition) is 2. The fourth-order valence-corrected chi connectivity index (χ4v) is 1.31. The molecular formula is C6H15N2P. The van der Waals surface area contributed by atoms with Crippen LogP contribution in [-0.2, 0) is 0 Å². The Balaban J connectivity index is 0.000000405. The molecule has 1 aliphatic heterocycles. The summed E-state index contributed by atoms with van der Waals surface area (Å²) in [6.45, 7) is 3.52. The molecule has 1 saturated heterocycles. The molecule has 2 nitrogen and oxygen atoms in total. The molecule has 1 aliphatic carbocycles. The van der Waals surface area contributed by atoms with Gasteiger partial charge in [-0.3, -0.25) is 0 Å². The molecule has 9 heavy (non-hydrogen) atoms. The first-order chi connectivity index (χ1) is 3.91. The summed E-state index contributed by atoms with van der Waals surface area (Å²) in [4.78, 5) is 0. The summed E-state index contributed by atoms with van der Waals surface area (Å²) in [6, 6.07) is 0. The van der Waals surface area contributed by atoms with E-state index in [9.17, 15) is 0 Å². The Morgan fingerprint density at radius 1 is 1.11 bits per heavy atom. The topological polar surface area (TPSA) is 24.1 Å². The van der Waals surface area contributed by atoms with Crippen molar-refractivity contribution in [2.75, 3.05) is 19.6 Å². The molecule has 2 rings (SSSR count). The molecule has 1 spiro atoms. The normalized spacial score (nSPS) is 29.3. The summed E-state index contributed by atoms with van der Waals surface area (Å²) >= 11 is 0. The fraction of sp³-hybridized carbons (Fsp3) is 1.00. The van der Waals surface area contributed by atoms with E-state index in [1.54, 1.807) is 0 Å². The molecule has 3 heteroatoms. The van der Waals surface area contributed by atoms with E-state index < -0.39 is 0 Å². The van der Waals surface area contributed by atoms with E-state index in [1.165, 1.54) is 25.9 Å². The Hall–Kier alpha value is 0.350. The van der Waals surface area contributed by atoms with Crippen LogP contribution in [0.3, 0.4) is 0 Å². The molecule has 2 fully saturated rings. The minimum Gasteiger partial charge on any atom is -0.314 e. The van der Waals surface area contributed by atoms with E-state index in [-0.39, 0.29) is 9.90 Å². The van der Waals surface area contributed by atoms with Crippen molar-refractivity contribution in [3.8, 4) is 0 Å². The van der Waals surface area contributed by atoms with Gasteiger partial charge < -0.3 is 10.6 Å². The Labute approximate surface area is 59.4 Å². The van der Waals surface area contributed by atoms with Crippen LogP contribution >= 0.6 is 9.90 Å². The predicted octanol–water partition coefficient (Wildman–Crippen LogP) is -0.230. The van der Waals surface area contributed by atoms with Crippen LogP contribution in [0.4, 0.5) is 0 Å². The number of piperazine rings is 1. The zero-order valence-electron chi connectivity index (χ0n) is 5.74. The number of hydrogen-bond acceptors (Lipinski definition) is 2. The molecule has 1 unspecified atom stereocenters. The van der Waals surface area contributed by atoms with Crippen LogP contribution < -0.4 is 10.6 Å². The van der Waals surface area contributed by atoms with Crippen LogP contribution in [0.15, 0.2) is 0 Å². The molecule has 2 aliphatic rings. The van der Waals surface area contributed by atoms with Crippen LogP contribution in [0.2, 0.25) is 0 Å². The fourth-order valence-electron chi connectivity index (χ4n) is 1.31. The molecule has 0 bridgehead atoms. The van der Waals surface area contributed by atoms with Gasteiger partial charge in [0.15, 0.2) is 0 Å². The van der Waals surface area contributed by atoms with Gasteiger partial charge in [-0.05, 0) is 12.8 Å². The van der Waals surface area contributed by atoms with Gasteiger partial charge in [0.25, 0.3) is 0 Å². The zero-order chi connectivity index (χ0) is 5.45. The first kappa shape index (κ1) is 7.46. The van der Waals surface area contributed by atoms with E-state index in [2.05, 4.69) is 10.6 Å². The van der Waals surface area contributed by atoms with Gasteiger partial charge in [-0.2, -0.15) is 9.90 Å². The average molecular weight is 146 g/mol. The van der Waals surface area contributed by atoms with E-state index in [1.807, 2.05) is 0 Å². The van der Waals surface area contributed by atoms with Crippen molar-refractivity contribution in [1.82, 2.24) is 10.6 Å². The van der Waals surface area contributed by atoms with E-state index in [4.69, 9.17) is 0 Å². The molecule has 1 saturated carbocycles. The van der Waals surface area contributed by atoms with Gasteiger partial charge in [-0.25, -0.2) is 0 Å². The van der Waals surface area contributed by atoms with Crippen LogP contribution in [0.1, 0.15) is 12.8 Å². The lowest BCUT2D eigenvalue weighted by Gasteiger charge is -2.23. The lowest BCUT2D eigenvalue weighted by molar-refractivity contribution is 0.403. The van der Waals surface area contributed by atoms with Gasteiger partial charge >= 0.3 is 0 Å². The maximum atomic E-state index is 3.51. The third-order valence-corrected chi connectivity index (χ3v) is 2.12. The summed E-state index contributed by atoms with van der Waals surface area (Å²) in [5, 5.41) is 6.88. The molecule has 54 valence electrons. The molecule has 1 atom stereocenters. The molecule has 0 aromatic heterocycles. The van der Waals surface area contributed by atoms with Crippen molar-refractivity contribution in [2.24, 2.45) is 0 Å².